The molecule has 2 saturated heterocycles. The quantitative estimate of drug-likeness (QED) is 0.707. The molecule has 1 aliphatic carbocycles. The summed E-state index contributed by atoms with van der Waals surface area (Å²) in [6.07, 6.45) is 5.53. The molecule has 0 saturated carbocycles. The lowest BCUT2D eigenvalue weighted by atomic mass is 9.79. The Kier molecular flexibility index (Phi) is 4.71. The molecule has 5 nitrogen and oxygen atoms in total. The van der Waals surface area contributed by atoms with Crippen LogP contribution >= 0.6 is 21.6 Å². The Morgan fingerprint density at radius 1 is 1.25 bits per heavy atom. The molecule has 2 fully saturated rings. The van der Waals surface area contributed by atoms with Crippen LogP contribution in [0.5, 0.6) is 0 Å². The van der Waals surface area contributed by atoms with E-state index in [0.717, 1.165) is 24.8 Å². The number of carbonyl (C=O) groups excluding carboxylic acids is 2. The van der Waals surface area contributed by atoms with Crippen LogP contribution in [0.1, 0.15) is 49.4 Å². The number of nitriles is 1. The first kappa shape index (κ1) is 19.7. The summed E-state index contributed by atoms with van der Waals surface area (Å²) < 4.78 is 0. The highest BCUT2D eigenvalue weighted by Gasteiger charge is 2.68. The Bertz CT molecular complexity index is 898. The third-order valence-electron chi connectivity index (χ3n) is 6.60. The molecule has 28 heavy (non-hydrogen) atoms. The van der Waals surface area contributed by atoms with Crippen LogP contribution in [0, 0.1) is 16.7 Å². The van der Waals surface area contributed by atoms with Crippen LogP contribution in [-0.4, -0.2) is 45.8 Å². The lowest BCUT2D eigenvalue weighted by Crippen LogP contribution is -2.66. The fourth-order valence-electron chi connectivity index (χ4n) is 5.10. The molecule has 2 heterocycles. The number of nitrogens with zero attached hydrogens (tertiary/aromatic N) is 3. The fraction of sp³-hybridized carbons (Fsp3) is 0.571. The van der Waals surface area contributed by atoms with Gasteiger partial charge in [0.25, 0.3) is 5.91 Å². The maximum Gasteiger partial charge on any atom is 0.260 e. The van der Waals surface area contributed by atoms with E-state index in [9.17, 15) is 14.9 Å². The van der Waals surface area contributed by atoms with Gasteiger partial charge in [0, 0.05) is 13.5 Å². The molecule has 0 bridgehead atoms. The number of hydrogen-bond donors (Lipinski definition) is 0. The van der Waals surface area contributed by atoms with Crippen molar-refractivity contribution in [2.75, 3.05) is 13.3 Å². The highest BCUT2D eigenvalue weighted by molar-refractivity contribution is 8.77. The Hall–Kier alpha value is -1.65. The van der Waals surface area contributed by atoms with E-state index in [4.69, 9.17) is 0 Å². The number of rotatable bonds is 3. The summed E-state index contributed by atoms with van der Waals surface area (Å²) in [5.41, 5.74) is 2.82. The zero-order chi connectivity index (χ0) is 20.3. The minimum Gasteiger partial charge on any atom is -0.331 e. The summed E-state index contributed by atoms with van der Waals surface area (Å²) in [5.74, 6) is -0.155. The topological polar surface area (TPSA) is 64.4 Å². The molecule has 2 amide bonds. The van der Waals surface area contributed by atoms with Crippen molar-refractivity contribution >= 4 is 33.4 Å². The molecule has 3 aliphatic rings. The van der Waals surface area contributed by atoms with Gasteiger partial charge in [0.15, 0.2) is 4.87 Å². The van der Waals surface area contributed by atoms with Crippen LogP contribution in [0.4, 0.5) is 0 Å². The van der Waals surface area contributed by atoms with E-state index in [-0.39, 0.29) is 11.8 Å². The molecule has 4 atom stereocenters. The highest BCUT2D eigenvalue weighted by atomic mass is 33.1. The fourth-order valence-corrected chi connectivity index (χ4v) is 7.68. The minimum atomic E-state index is -1.04. The number of amides is 2. The number of aryl methyl sites for hydroxylation is 2. The average molecular weight is 416 g/mol. The second-order valence-corrected chi connectivity index (χ2v) is 11.0. The smallest absolute Gasteiger partial charge is 0.260 e. The maximum atomic E-state index is 13.5. The van der Waals surface area contributed by atoms with E-state index < -0.39 is 22.4 Å². The Morgan fingerprint density at radius 2 is 1.96 bits per heavy atom. The van der Waals surface area contributed by atoms with Crippen LogP contribution in [0.25, 0.3) is 0 Å². The van der Waals surface area contributed by atoms with Crippen molar-refractivity contribution in [2.45, 2.75) is 56.5 Å². The maximum absolute atomic E-state index is 13.5. The second kappa shape index (κ2) is 6.70. The summed E-state index contributed by atoms with van der Waals surface area (Å²) in [6.45, 7) is 3.67. The van der Waals surface area contributed by atoms with Crippen LogP contribution in [0.2, 0.25) is 0 Å². The largest absolute Gasteiger partial charge is 0.331 e. The number of benzene rings is 1. The molecule has 4 rings (SSSR count). The van der Waals surface area contributed by atoms with Gasteiger partial charge < -0.3 is 9.80 Å². The molecule has 0 aromatic heterocycles. The molecule has 0 radical (unpaired) electrons. The SMILES string of the molecule is CSS[C@]12C[C@](C)(C#N)C(c3ccc4c(c3)CCC4)N1C(=O)[C@H](C)N(C)C2=O. The van der Waals surface area contributed by atoms with Crippen molar-refractivity contribution in [3.63, 3.8) is 0 Å². The van der Waals surface area contributed by atoms with Crippen LogP contribution in [0.15, 0.2) is 18.2 Å². The van der Waals surface area contributed by atoms with Gasteiger partial charge in [-0.2, -0.15) is 5.26 Å². The van der Waals surface area contributed by atoms with Crippen LogP contribution in [0.3, 0.4) is 0 Å². The lowest BCUT2D eigenvalue weighted by Gasteiger charge is -2.48. The minimum absolute atomic E-state index is 0.0758. The van der Waals surface area contributed by atoms with Crippen LogP contribution < -0.4 is 0 Å². The van der Waals surface area contributed by atoms with E-state index >= 15 is 0 Å². The van der Waals surface area contributed by atoms with Gasteiger partial charge in [-0.1, -0.05) is 39.8 Å². The van der Waals surface area contributed by atoms with Crippen molar-refractivity contribution in [3.05, 3.63) is 34.9 Å². The Morgan fingerprint density at radius 3 is 2.64 bits per heavy atom. The summed E-state index contributed by atoms with van der Waals surface area (Å²) in [6, 6.07) is 7.90. The third kappa shape index (κ3) is 2.54. The molecular weight excluding hydrogens is 390 g/mol. The monoisotopic (exact) mass is 415 g/mol. The number of fused-ring (bicyclic) bond motifs is 2. The van der Waals surface area contributed by atoms with Crippen molar-refractivity contribution in [1.29, 1.82) is 5.26 Å². The lowest BCUT2D eigenvalue weighted by molar-refractivity contribution is -0.161. The molecule has 0 spiro atoms. The van der Waals surface area contributed by atoms with Crippen molar-refractivity contribution in [2.24, 2.45) is 5.41 Å². The van der Waals surface area contributed by atoms with Gasteiger partial charge in [0.2, 0.25) is 5.91 Å². The predicted octanol–water partition coefficient (Wildman–Crippen LogP) is 3.55. The Balaban J connectivity index is 1.91. The first-order valence-electron chi connectivity index (χ1n) is 9.64. The van der Waals surface area contributed by atoms with E-state index in [1.54, 1.807) is 23.8 Å². The van der Waals surface area contributed by atoms with Crippen LogP contribution in [-0.2, 0) is 22.4 Å². The molecule has 148 valence electrons. The van der Waals surface area contributed by atoms with Gasteiger partial charge in [-0.3, -0.25) is 9.59 Å². The normalized spacial score (nSPS) is 34.4. The highest BCUT2D eigenvalue weighted by Crippen LogP contribution is 2.62. The van der Waals surface area contributed by atoms with Gasteiger partial charge in [0.05, 0.1) is 17.5 Å². The zero-order valence-electron chi connectivity index (χ0n) is 16.7. The number of likely N-dealkylation sites (N-methyl/N-ethyl adjacent to an activating group) is 1. The number of hydrogen-bond acceptors (Lipinski definition) is 5. The van der Waals surface area contributed by atoms with Crippen molar-refractivity contribution < 1.29 is 9.59 Å². The van der Waals surface area contributed by atoms with Gasteiger partial charge in [0.1, 0.15) is 6.04 Å². The molecule has 0 N–H and O–H groups in total. The summed E-state index contributed by atoms with van der Waals surface area (Å²) in [5, 5.41) is 10.2. The summed E-state index contributed by atoms with van der Waals surface area (Å²) in [4.78, 5) is 29.2. The zero-order valence-corrected chi connectivity index (χ0v) is 18.3. The molecule has 1 unspecified atom stereocenters. The first-order chi connectivity index (χ1) is 13.3. The van der Waals surface area contributed by atoms with Gasteiger partial charge in [-0.05, 0) is 56.1 Å². The third-order valence-corrected chi connectivity index (χ3v) is 8.89. The summed E-state index contributed by atoms with van der Waals surface area (Å²) in [7, 11) is 4.58. The molecular formula is C21H25N3O2S2. The predicted molar refractivity (Wildman–Crippen MR) is 112 cm³/mol. The standard InChI is InChI=1S/C21H25N3O2S2/c1-13-18(25)24-17(16-9-8-14-6-5-7-15(14)10-16)20(2,12-22)11-21(24,28-27-4)19(26)23(13)3/h8-10,13,17H,5-7,11H2,1-4H3/t13-,17?,20+,21-/m0/s1. The van der Waals surface area contributed by atoms with Gasteiger partial charge >= 0.3 is 0 Å². The van der Waals surface area contributed by atoms with Gasteiger partial charge in [-0.25, -0.2) is 0 Å². The van der Waals surface area contributed by atoms with E-state index in [1.807, 2.05) is 13.2 Å². The Labute approximate surface area is 174 Å². The second-order valence-electron chi connectivity index (χ2n) is 8.32. The van der Waals surface area contributed by atoms with Gasteiger partial charge in [-0.15, -0.1) is 0 Å². The number of carbonyl (C=O) groups is 2. The van der Waals surface area contributed by atoms with E-state index in [0.29, 0.717) is 6.42 Å². The molecule has 1 aromatic carbocycles. The molecule has 2 aliphatic heterocycles. The molecule has 7 heteroatoms. The average Bonchev–Trinajstić information content (AvgIpc) is 3.25. The van der Waals surface area contributed by atoms with E-state index in [1.165, 1.54) is 32.7 Å². The van der Waals surface area contributed by atoms with Crippen molar-refractivity contribution in [3.8, 4) is 6.07 Å². The van der Waals surface area contributed by atoms with E-state index in [2.05, 4.69) is 24.3 Å². The first-order valence-corrected chi connectivity index (χ1v) is 12.2. The van der Waals surface area contributed by atoms with Crippen molar-refractivity contribution in [1.82, 2.24) is 9.80 Å². The summed E-state index contributed by atoms with van der Waals surface area (Å²) >= 11 is 0. The number of piperazine rings is 1. The molecule has 1 aromatic rings.